The zero-order chi connectivity index (χ0) is 64.2. The third-order valence-corrected chi connectivity index (χ3v) is 18.8. The number of ether oxygens (including phenoxy) is 1. The lowest BCUT2D eigenvalue weighted by Gasteiger charge is -2.20. The number of esters is 1. The number of carbonyl (C=O) groups is 2. The number of carbonyl (C=O) groups excluding carboxylic acids is 2. The first-order valence-corrected chi connectivity index (χ1v) is 40.4. The predicted octanol–water partition coefficient (Wildman–Crippen LogP) is 26.8. The van der Waals surface area contributed by atoms with Gasteiger partial charge in [0.2, 0.25) is 5.91 Å². The maximum atomic E-state index is 12.6. The van der Waals surface area contributed by atoms with Gasteiger partial charge in [-0.05, 0) is 89.9 Å². The number of hydrogen-bond acceptors (Lipinski definition) is 5. The summed E-state index contributed by atoms with van der Waals surface area (Å²) >= 11 is 0. The Labute approximate surface area is 556 Å². The van der Waals surface area contributed by atoms with Gasteiger partial charge in [-0.15, -0.1) is 0 Å². The van der Waals surface area contributed by atoms with E-state index in [1.807, 2.05) is 6.08 Å². The molecule has 2 atom stereocenters. The van der Waals surface area contributed by atoms with Gasteiger partial charge in [0.25, 0.3) is 0 Å². The van der Waals surface area contributed by atoms with Crippen molar-refractivity contribution < 1.29 is 24.5 Å². The van der Waals surface area contributed by atoms with Crippen molar-refractivity contribution in [3.63, 3.8) is 0 Å². The molecular formula is C83H157NO5. The molecular weight excluding hydrogens is 1090 g/mol. The number of aliphatic hydroxyl groups is 2. The van der Waals surface area contributed by atoms with E-state index in [4.69, 9.17) is 4.74 Å². The lowest BCUT2D eigenvalue weighted by Crippen LogP contribution is -2.45. The Bertz CT molecular complexity index is 1490. The van der Waals surface area contributed by atoms with Crippen LogP contribution < -0.4 is 5.32 Å². The molecule has 0 radical (unpaired) electrons. The minimum Gasteiger partial charge on any atom is -0.466 e. The molecule has 0 aromatic rings. The van der Waals surface area contributed by atoms with E-state index in [2.05, 4.69) is 55.6 Å². The van der Waals surface area contributed by atoms with Gasteiger partial charge in [0, 0.05) is 12.8 Å². The Morgan fingerprint density at radius 3 is 0.865 bits per heavy atom. The average Bonchev–Trinajstić information content (AvgIpc) is 3.64. The number of hydrogen-bond donors (Lipinski definition) is 3. The molecule has 0 aliphatic heterocycles. The smallest absolute Gasteiger partial charge is 0.305 e. The minimum atomic E-state index is -0.846. The highest BCUT2D eigenvalue weighted by atomic mass is 16.5. The number of unbranched alkanes of at least 4 members (excludes halogenated alkanes) is 59. The monoisotopic (exact) mass is 1250 g/mol. The zero-order valence-electron chi connectivity index (χ0n) is 60.2. The molecule has 0 aliphatic carbocycles. The topological polar surface area (TPSA) is 95.9 Å². The van der Waals surface area contributed by atoms with Crippen LogP contribution in [0.1, 0.15) is 444 Å². The van der Waals surface area contributed by atoms with Crippen LogP contribution in [0.3, 0.4) is 0 Å². The van der Waals surface area contributed by atoms with E-state index in [-0.39, 0.29) is 18.5 Å². The van der Waals surface area contributed by atoms with Gasteiger partial charge in [-0.2, -0.15) is 0 Å². The van der Waals surface area contributed by atoms with Crippen molar-refractivity contribution in [2.45, 2.75) is 456 Å². The van der Waals surface area contributed by atoms with Crippen LogP contribution in [0.5, 0.6) is 0 Å². The van der Waals surface area contributed by atoms with Gasteiger partial charge in [-0.3, -0.25) is 9.59 Å². The van der Waals surface area contributed by atoms with Crippen molar-refractivity contribution in [2.75, 3.05) is 13.2 Å². The van der Waals surface area contributed by atoms with E-state index in [1.54, 1.807) is 6.08 Å². The number of nitrogens with one attached hydrogen (secondary N) is 1. The molecule has 0 spiro atoms. The van der Waals surface area contributed by atoms with Gasteiger partial charge < -0.3 is 20.3 Å². The Morgan fingerprint density at radius 1 is 0.315 bits per heavy atom. The summed E-state index contributed by atoms with van der Waals surface area (Å²) in [6.07, 6.45) is 104. The fourth-order valence-electron chi connectivity index (χ4n) is 12.7. The Hall–Kier alpha value is -2.18. The second kappa shape index (κ2) is 78.3. The van der Waals surface area contributed by atoms with E-state index >= 15 is 0 Å². The first-order valence-electron chi connectivity index (χ1n) is 40.4. The van der Waals surface area contributed by atoms with Crippen molar-refractivity contribution >= 4 is 11.9 Å². The molecule has 0 heterocycles. The Morgan fingerprint density at radius 2 is 0.562 bits per heavy atom. The molecule has 524 valence electrons. The lowest BCUT2D eigenvalue weighted by atomic mass is 10.0. The van der Waals surface area contributed by atoms with Crippen LogP contribution in [-0.4, -0.2) is 47.4 Å². The van der Waals surface area contributed by atoms with E-state index in [0.29, 0.717) is 19.4 Å². The highest BCUT2D eigenvalue weighted by Gasteiger charge is 2.18. The quantitative estimate of drug-likeness (QED) is 0.0320. The van der Waals surface area contributed by atoms with Crippen molar-refractivity contribution in [1.82, 2.24) is 5.32 Å². The second-order valence-corrected chi connectivity index (χ2v) is 27.7. The van der Waals surface area contributed by atoms with E-state index in [0.717, 1.165) is 51.4 Å². The normalized spacial score (nSPS) is 12.7. The van der Waals surface area contributed by atoms with Crippen LogP contribution in [0, 0.1) is 0 Å². The molecule has 0 rings (SSSR count). The molecule has 0 bridgehead atoms. The van der Waals surface area contributed by atoms with Gasteiger partial charge in [0.1, 0.15) is 0 Å². The molecule has 89 heavy (non-hydrogen) atoms. The standard InChI is InChI=1S/C83H157NO5/c1-3-5-7-9-11-13-15-17-19-21-22-23-24-34-37-40-44-47-51-55-59-63-67-71-75-81(86)80(79-85)84-82(87)76-72-68-64-60-56-52-48-45-41-38-35-32-30-28-26-25-27-29-31-33-36-39-42-46-50-54-58-62-66-70-74-78-89-83(88)77-73-69-65-61-57-53-49-43-20-18-16-14-12-10-8-6-4-2/h18,20,27,29,33,36,71,75,80-81,85-86H,3-17,19,21-26,28,30-32,34-35,37-70,72-74,76-79H2,1-2H3,(H,84,87)/b20-18-,29-27-,36-33-,75-71+. The largest absolute Gasteiger partial charge is 0.466 e. The summed E-state index contributed by atoms with van der Waals surface area (Å²) < 4.78 is 5.50. The van der Waals surface area contributed by atoms with E-state index in [9.17, 15) is 19.8 Å². The molecule has 0 fully saturated rings. The van der Waals surface area contributed by atoms with E-state index < -0.39 is 12.1 Å². The highest BCUT2D eigenvalue weighted by molar-refractivity contribution is 5.76. The Balaban J connectivity index is 3.41. The van der Waals surface area contributed by atoms with Crippen molar-refractivity contribution in [1.29, 1.82) is 0 Å². The summed E-state index contributed by atoms with van der Waals surface area (Å²) in [6.45, 7) is 4.94. The molecule has 3 N–H and O–H groups in total. The number of amides is 1. The van der Waals surface area contributed by atoms with Crippen LogP contribution in [0.15, 0.2) is 48.6 Å². The van der Waals surface area contributed by atoms with E-state index in [1.165, 1.54) is 366 Å². The first kappa shape index (κ1) is 86.8. The SMILES string of the molecule is CCCCCCCC/C=C\CCCCCCCCCC(=O)OCCCCCCCCCCC/C=C\C/C=C\CCCCCCCCCCCCCCCCCC(=O)NC(CO)C(O)/C=C/CCCCCCCCCCCCCCCCCCCCCCCC. The molecule has 0 aromatic heterocycles. The van der Waals surface area contributed by atoms with Crippen molar-refractivity contribution in [2.24, 2.45) is 0 Å². The summed E-state index contributed by atoms with van der Waals surface area (Å²) in [6, 6.07) is -0.630. The summed E-state index contributed by atoms with van der Waals surface area (Å²) in [5, 5.41) is 23.3. The van der Waals surface area contributed by atoms with Crippen molar-refractivity contribution in [3.05, 3.63) is 48.6 Å². The van der Waals surface area contributed by atoms with Gasteiger partial charge in [0.15, 0.2) is 0 Å². The zero-order valence-corrected chi connectivity index (χ0v) is 60.2. The lowest BCUT2D eigenvalue weighted by molar-refractivity contribution is -0.143. The summed E-state index contributed by atoms with van der Waals surface area (Å²) in [5.41, 5.74) is 0. The van der Waals surface area contributed by atoms with Crippen LogP contribution in [0.25, 0.3) is 0 Å². The number of allylic oxidation sites excluding steroid dienone is 7. The molecule has 6 heteroatoms. The molecule has 0 aliphatic rings. The fraction of sp³-hybridized carbons (Fsp3) is 0.880. The maximum absolute atomic E-state index is 12.6. The van der Waals surface area contributed by atoms with Gasteiger partial charge >= 0.3 is 5.97 Å². The summed E-state index contributed by atoms with van der Waals surface area (Å²) in [4.78, 5) is 24.7. The van der Waals surface area contributed by atoms with Crippen LogP contribution in [-0.2, 0) is 14.3 Å². The first-order chi connectivity index (χ1) is 44.0. The van der Waals surface area contributed by atoms with Crippen LogP contribution >= 0.6 is 0 Å². The molecule has 0 saturated heterocycles. The number of rotatable bonds is 76. The fourth-order valence-corrected chi connectivity index (χ4v) is 12.7. The molecule has 0 aromatic carbocycles. The second-order valence-electron chi connectivity index (χ2n) is 27.7. The van der Waals surface area contributed by atoms with Gasteiger partial charge in [0.05, 0.1) is 25.4 Å². The molecule has 1 amide bonds. The third kappa shape index (κ3) is 74.7. The molecule has 0 saturated carbocycles. The maximum Gasteiger partial charge on any atom is 0.305 e. The summed E-state index contributed by atoms with van der Waals surface area (Å²) in [5.74, 6) is -0.0526. The van der Waals surface area contributed by atoms with Crippen LogP contribution in [0.2, 0.25) is 0 Å². The van der Waals surface area contributed by atoms with Gasteiger partial charge in [-0.1, -0.05) is 390 Å². The molecule has 2 unspecified atom stereocenters. The van der Waals surface area contributed by atoms with Crippen LogP contribution in [0.4, 0.5) is 0 Å². The average molecular weight is 1250 g/mol. The summed E-state index contributed by atoms with van der Waals surface area (Å²) in [7, 11) is 0. The highest BCUT2D eigenvalue weighted by Crippen LogP contribution is 2.19. The predicted molar refractivity (Wildman–Crippen MR) is 393 cm³/mol. The van der Waals surface area contributed by atoms with Crippen molar-refractivity contribution in [3.8, 4) is 0 Å². The minimum absolute atomic E-state index is 0.0102. The molecule has 6 nitrogen and oxygen atoms in total. The number of aliphatic hydroxyl groups excluding tert-OH is 2. The Kier molecular flexibility index (Phi) is 76.3. The third-order valence-electron chi connectivity index (χ3n) is 18.8. The van der Waals surface area contributed by atoms with Gasteiger partial charge in [-0.25, -0.2) is 0 Å².